The monoisotopic (exact) mass is 238 g/mol. The molecular weight excluding hydrogens is 232 g/mol. The van der Waals surface area contributed by atoms with E-state index in [-0.39, 0.29) is 0 Å². The molecule has 4 nitrogen and oxygen atoms in total. The van der Waals surface area contributed by atoms with Gasteiger partial charge in [0.25, 0.3) is 0 Å². The van der Waals surface area contributed by atoms with Gasteiger partial charge in [-0.15, -0.1) is 0 Å². The van der Waals surface area contributed by atoms with Gasteiger partial charge in [0.2, 0.25) is 0 Å². The van der Waals surface area contributed by atoms with Gasteiger partial charge in [-0.2, -0.15) is 5.10 Å². The van der Waals surface area contributed by atoms with Gasteiger partial charge in [-0.3, -0.25) is 0 Å². The van der Waals surface area contributed by atoms with Crippen molar-refractivity contribution in [3.8, 4) is 5.82 Å². The molecule has 0 radical (unpaired) electrons. The van der Waals surface area contributed by atoms with Crippen LogP contribution in [0, 0.1) is 0 Å². The molecule has 0 atom stereocenters. The zero-order valence-electron chi connectivity index (χ0n) is 6.68. The molecule has 0 fully saturated rings. The summed E-state index contributed by atoms with van der Waals surface area (Å²) < 4.78 is 2.59. The predicted octanol–water partition coefficient (Wildman–Crippen LogP) is 1.61. The average molecular weight is 239 g/mol. The fraction of sp³-hybridized carbons (Fsp3) is 0. The summed E-state index contributed by atoms with van der Waals surface area (Å²) in [6, 6.07) is 3.72. The van der Waals surface area contributed by atoms with Gasteiger partial charge >= 0.3 is 0 Å². The number of anilines is 1. The Bertz CT molecular complexity index is 424. The van der Waals surface area contributed by atoms with E-state index < -0.39 is 0 Å². The van der Waals surface area contributed by atoms with Gasteiger partial charge < -0.3 is 5.73 Å². The summed E-state index contributed by atoms with van der Waals surface area (Å²) in [5.41, 5.74) is 6.16. The third kappa shape index (κ3) is 1.70. The minimum Gasteiger partial charge on any atom is -0.396 e. The number of nitrogens with two attached hydrogens (primary N) is 1. The lowest BCUT2D eigenvalue weighted by atomic mass is 10.5. The van der Waals surface area contributed by atoms with Crippen LogP contribution in [-0.2, 0) is 0 Å². The molecule has 0 aliphatic rings. The lowest BCUT2D eigenvalue weighted by Gasteiger charge is -1.98. The molecule has 0 saturated heterocycles. The summed E-state index contributed by atoms with van der Waals surface area (Å²) in [7, 11) is 0. The van der Waals surface area contributed by atoms with Crippen molar-refractivity contribution >= 4 is 21.6 Å². The Morgan fingerprint density at radius 1 is 1.46 bits per heavy atom. The Labute approximate surface area is 83.5 Å². The second-order valence-electron chi connectivity index (χ2n) is 2.55. The van der Waals surface area contributed by atoms with Crippen LogP contribution in [0.25, 0.3) is 5.82 Å². The first kappa shape index (κ1) is 8.25. The number of pyridine rings is 1. The normalized spacial score (nSPS) is 10.2. The third-order valence-electron chi connectivity index (χ3n) is 1.54. The van der Waals surface area contributed by atoms with Gasteiger partial charge in [-0.05, 0) is 12.1 Å². The van der Waals surface area contributed by atoms with E-state index in [1.807, 2.05) is 12.1 Å². The highest BCUT2D eigenvalue weighted by molar-refractivity contribution is 9.10. The number of hydrogen-bond acceptors (Lipinski definition) is 3. The van der Waals surface area contributed by atoms with Crippen LogP contribution in [0.4, 0.5) is 5.69 Å². The SMILES string of the molecule is Nc1cnn(-c2cc(Br)ccn2)c1. The summed E-state index contributed by atoms with van der Waals surface area (Å²) in [5, 5.41) is 4.04. The molecule has 0 spiro atoms. The Kier molecular flexibility index (Phi) is 2.02. The van der Waals surface area contributed by atoms with Crippen molar-refractivity contribution in [1.29, 1.82) is 0 Å². The van der Waals surface area contributed by atoms with E-state index in [0.717, 1.165) is 10.3 Å². The van der Waals surface area contributed by atoms with E-state index in [9.17, 15) is 0 Å². The summed E-state index contributed by atoms with van der Waals surface area (Å²) in [5.74, 6) is 0.742. The first-order valence-corrected chi connectivity index (χ1v) is 4.47. The number of nitrogens with zero attached hydrogens (tertiary/aromatic N) is 3. The number of hydrogen-bond donors (Lipinski definition) is 1. The van der Waals surface area contributed by atoms with Crippen LogP contribution in [0.1, 0.15) is 0 Å². The lowest BCUT2D eigenvalue weighted by molar-refractivity contribution is 0.846. The topological polar surface area (TPSA) is 56.7 Å². The summed E-state index contributed by atoms with van der Waals surface area (Å²) in [4.78, 5) is 4.14. The highest BCUT2D eigenvalue weighted by Gasteiger charge is 1.99. The molecule has 0 aliphatic heterocycles. The average Bonchev–Trinajstić information content (AvgIpc) is 2.52. The Morgan fingerprint density at radius 2 is 2.31 bits per heavy atom. The molecule has 0 aliphatic carbocycles. The molecule has 0 unspecified atom stereocenters. The molecule has 2 N–H and O–H groups in total. The Hall–Kier alpha value is -1.36. The predicted molar refractivity (Wildman–Crippen MR) is 53.5 cm³/mol. The zero-order valence-corrected chi connectivity index (χ0v) is 8.27. The molecule has 2 aromatic rings. The number of rotatable bonds is 1. The van der Waals surface area contributed by atoms with Crippen LogP contribution in [0.2, 0.25) is 0 Å². The Balaban J connectivity index is 2.46. The van der Waals surface area contributed by atoms with Crippen LogP contribution in [0.3, 0.4) is 0 Å². The van der Waals surface area contributed by atoms with Crippen molar-refractivity contribution in [3.63, 3.8) is 0 Å². The van der Waals surface area contributed by atoms with Crippen molar-refractivity contribution in [2.24, 2.45) is 0 Å². The van der Waals surface area contributed by atoms with E-state index in [2.05, 4.69) is 26.0 Å². The van der Waals surface area contributed by atoms with Crippen LogP contribution < -0.4 is 5.73 Å². The maximum Gasteiger partial charge on any atom is 0.154 e. The lowest BCUT2D eigenvalue weighted by Crippen LogP contribution is -1.96. The maximum absolute atomic E-state index is 5.53. The standard InChI is InChI=1S/C8H7BrN4/c9-6-1-2-11-8(3-6)13-5-7(10)4-12-13/h1-5H,10H2. The van der Waals surface area contributed by atoms with E-state index in [0.29, 0.717) is 5.69 Å². The van der Waals surface area contributed by atoms with Crippen molar-refractivity contribution in [3.05, 3.63) is 35.2 Å². The van der Waals surface area contributed by atoms with Gasteiger partial charge in [0.15, 0.2) is 5.82 Å². The second-order valence-corrected chi connectivity index (χ2v) is 3.47. The van der Waals surface area contributed by atoms with Gasteiger partial charge in [-0.25, -0.2) is 9.67 Å². The maximum atomic E-state index is 5.53. The van der Waals surface area contributed by atoms with E-state index in [1.165, 1.54) is 0 Å². The van der Waals surface area contributed by atoms with Crippen molar-refractivity contribution in [2.75, 3.05) is 5.73 Å². The molecule has 2 rings (SSSR count). The van der Waals surface area contributed by atoms with Crippen LogP contribution in [0.15, 0.2) is 35.2 Å². The molecule has 13 heavy (non-hydrogen) atoms. The quantitative estimate of drug-likeness (QED) is 0.822. The fourth-order valence-corrected chi connectivity index (χ4v) is 1.30. The van der Waals surface area contributed by atoms with Crippen molar-refractivity contribution < 1.29 is 0 Å². The number of aromatic nitrogens is 3. The van der Waals surface area contributed by atoms with E-state index >= 15 is 0 Å². The molecule has 2 heterocycles. The Morgan fingerprint density at radius 3 is 2.92 bits per heavy atom. The third-order valence-corrected chi connectivity index (χ3v) is 2.04. The van der Waals surface area contributed by atoms with Gasteiger partial charge in [0.1, 0.15) is 0 Å². The highest BCUT2D eigenvalue weighted by Crippen LogP contribution is 2.12. The minimum atomic E-state index is 0.627. The molecule has 0 bridgehead atoms. The molecule has 0 amide bonds. The fourth-order valence-electron chi connectivity index (χ4n) is 0.981. The van der Waals surface area contributed by atoms with E-state index in [4.69, 9.17) is 5.73 Å². The van der Waals surface area contributed by atoms with Crippen LogP contribution >= 0.6 is 15.9 Å². The second kappa shape index (κ2) is 3.18. The zero-order chi connectivity index (χ0) is 9.26. The largest absolute Gasteiger partial charge is 0.396 e. The van der Waals surface area contributed by atoms with Gasteiger partial charge in [-0.1, -0.05) is 15.9 Å². The molecule has 2 aromatic heterocycles. The highest BCUT2D eigenvalue weighted by atomic mass is 79.9. The first-order valence-electron chi connectivity index (χ1n) is 3.68. The summed E-state index contributed by atoms with van der Waals surface area (Å²) in [6.45, 7) is 0. The molecule has 0 aromatic carbocycles. The molecule has 66 valence electrons. The molecular formula is C8H7BrN4. The summed E-state index contributed by atoms with van der Waals surface area (Å²) in [6.07, 6.45) is 5.01. The minimum absolute atomic E-state index is 0.627. The molecule has 5 heteroatoms. The molecule has 0 saturated carbocycles. The first-order chi connectivity index (χ1) is 6.25. The van der Waals surface area contributed by atoms with Crippen LogP contribution in [0.5, 0.6) is 0 Å². The number of halogens is 1. The smallest absolute Gasteiger partial charge is 0.154 e. The summed E-state index contributed by atoms with van der Waals surface area (Å²) >= 11 is 3.35. The van der Waals surface area contributed by atoms with E-state index in [1.54, 1.807) is 23.3 Å². The number of nitrogen functional groups attached to an aromatic ring is 1. The van der Waals surface area contributed by atoms with Gasteiger partial charge in [0.05, 0.1) is 18.1 Å². The van der Waals surface area contributed by atoms with Gasteiger partial charge in [0, 0.05) is 10.7 Å². The van der Waals surface area contributed by atoms with Crippen molar-refractivity contribution in [1.82, 2.24) is 14.8 Å². The van der Waals surface area contributed by atoms with Crippen LogP contribution in [-0.4, -0.2) is 14.8 Å². The van der Waals surface area contributed by atoms with Crippen molar-refractivity contribution in [2.45, 2.75) is 0 Å².